The van der Waals surface area contributed by atoms with Crippen LogP contribution in [0.2, 0.25) is 0 Å². The maximum atomic E-state index is 9.45. The number of aryl methyl sites for hydroxylation is 2. The Hall–Kier alpha value is -1.18. The van der Waals surface area contributed by atoms with Crippen molar-refractivity contribution >= 4 is 0 Å². The van der Waals surface area contributed by atoms with Gasteiger partial charge in [-0.25, -0.2) is 0 Å². The molecule has 1 aliphatic rings. The van der Waals surface area contributed by atoms with E-state index in [2.05, 4.69) is 0 Å². The molecule has 0 heterocycles. The van der Waals surface area contributed by atoms with Gasteiger partial charge < -0.3 is 9.84 Å². The molecule has 0 bridgehead atoms. The van der Waals surface area contributed by atoms with Gasteiger partial charge in [-0.3, -0.25) is 0 Å². The van der Waals surface area contributed by atoms with E-state index in [1.807, 2.05) is 12.1 Å². The molecule has 0 fully saturated rings. The zero-order valence-corrected chi connectivity index (χ0v) is 7.13. The number of rotatable bonds is 1. The van der Waals surface area contributed by atoms with Gasteiger partial charge in [0, 0.05) is 0 Å². The third kappa shape index (κ3) is 1.04. The van der Waals surface area contributed by atoms with E-state index in [-0.39, 0.29) is 5.75 Å². The molecular weight excluding hydrogens is 152 g/mol. The van der Waals surface area contributed by atoms with Crippen molar-refractivity contribution in [1.82, 2.24) is 0 Å². The number of fused-ring (bicyclic) bond motifs is 1. The van der Waals surface area contributed by atoms with Gasteiger partial charge in [-0.2, -0.15) is 0 Å². The summed E-state index contributed by atoms with van der Waals surface area (Å²) in [4.78, 5) is 0. The van der Waals surface area contributed by atoms with E-state index in [9.17, 15) is 5.11 Å². The monoisotopic (exact) mass is 164 g/mol. The molecule has 0 saturated heterocycles. The summed E-state index contributed by atoms with van der Waals surface area (Å²) in [5.74, 6) is 0.855. The second kappa shape index (κ2) is 2.70. The molecule has 2 heteroatoms. The quantitative estimate of drug-likeness (QED) is 0.686. The zero-order chi connectivity index (χ0) is 8.55. The lowest BCUT2D eigenvalue weighted by Gasteiger charge is -2.05. The van der Waals surface area contributed by atoms with E-state index in [1.165, 1.54) is 17.5 Å². The van der Waals surface area contributed by atoms with Gasteiger partial charge in [-0.05, 0) is 42.5 Å². The first-order valence-electron chi connectivity index (χ1n) is 4.20. The fraction of sp³-hybridized carbons (Fsp3) is 0.400. The summed E-state index contributed by atoms with van der Waals surface area (Å²) in [5, 5.41) is 9.45. The molecule has 0 atom stereocenters. The minimum absolute atomic E-state index is 0.262. The maximum absolute atomic E-state index is 9.45. The number of hydrogen-bond donors (Lipinski definition) is 1. The van der Waals surface area contributed by atoms with Crippen molar-refractivity contribution in [3.63, 3.8) is 0 Å². The van der Waals surface area contributed by atoms with Crippen LogP contribution in [0, 0.1) is 0 Å². The summed E-state index contributed by atoms with van der Waals surface area (Å²) in [5.41, 5.74) is 2.60. The van der Waals surface area contributed by atoms with Crippen LogP contribution in [-0.2, 0) is 12.8 Å². The van der Waals surface area contributed by atoms with Gasteiger partial charge in [0.25, 0.3) is 0 Å². The Morgan fingerprint density at radius 3 is 2.58 bits per heavy atom. The van der Waals surface area contributed by atoms with Crippen molar-refractivity contribution in [1.29, 1.82) is 0 Å². The molecule has 0 aromatic heterocycles. The van der Waals surface area contributed by atoms with E-state index < -0.39 is 0 Å². The van der Waals surface area contributed by atoms with Gasteiger partial charge in [-0.15, -0.1) is 0 Å². The zero-order valence-electron chi connectivity index (χ0n) is 7.13. The minimum atomic E-state index is 0.262. The van der Waals surface area contributed by atoms with E-state index in [0.29, 0.717) is 5.75 Å². The predicted octanol–water partition coefficient (Wildman–Crippen LogP) is 1.89. The largest absolute Gasteiger partial charge is 0.504 e. The van der Waals surface area contributed by atoms with Gasteiger partial charge in [0.1, 0.15) is 0 Å². The summed E-state index contributed by atoms with van der Waals surface area (Å²) in [6.45, 7) is 0. The van der Waals surface area contributed by atoms with E-state index in [4.69, 9.17) is 4.74 Å². The standard InChI is InChI=1S/C10H12O2/c1-12-10-6-8-4-2-3-7(8)5-9(10)11/h5-6,11H,2-4H2,1H3. The predicted molar refractivity (Wildman–Crippen MR) is 46.7 cm³/mol. The van der Waals surface area contributed by atoms with Crippen LogP contribution >= 0.6 is 0 Å². The van der Waals surface area contributed by atoms with Crippen LogP contribution in [0.25, 0.3) is 0 Å². The number of phenols is 1. The van der Waals surface area contributed by atoms with Crippen LogP contribution in [0.1, 0.15) is 17.5 Å². The summed E-state index contributed by atoms with van der Waals surface area (Å²) in [6.07, 6.45) is 3.40. The van der Waals surface area contributed by atoms with E-state index in [1.54, 1.807) is 7.11 Å². The lowest BCUT2D eigenvalue weighted by atomic mass is 10.1. The molecule has 0 aliphatic heterocycles. The highest BCUT2D eigenvalue weighted by Gasteiger charge is 2.14. The molecule has 2 rings (SSSR count). The van der Waals surface area contributed by atoms with Crippen molar-refractivity contribution in [2.24, 2.45) is 0 Å². The average Bonchev–Trinajstić information content (AvgIpc) is 2.49. The minimum Gasteiger partial charge on any atom is -0.504 e. The molecule has 0 spiro atoms. The first-order valence-corrected chi connectivity index (χ1v) is 4.20. The number of aromatic hydroxyl groups is 1. The first-order chi connectivity index (χ1) is 5.81. The fourth-order valence-corrected chi connectivity index (χ4v) is 1.75. The molecule has 1 aromatic rings. The fourth-order valence-electron chi connectivity index (χ4n) is 1.75. The van der Waals surface area contributed by atoms with Crippen LogP contribution in [0.15, 0.2) is 12.1 Å². The Kier molecular flexibility index (Phi) is 1.68. The normalized spacial score (nSPS) is 14.4. The molecule has 2 nitrogen and oxygen atoms in total. The van der Waals surface area contributed by atoms with Gasteiger partial charge >= 0.3 is 0 Å². The van der Waals surface area contributed by atoms with Gasteiger partial charge in [-0.1, -0.05) is 0 Å². The van der Waals surface area contributed by atoms with Crippen molar-refractivity contribution in [3.8, 4) is 11.5 Å². The average molecular weight is 164 g/mol. The Morgan fingerprint density at radius 2 is 1.92 bits per heavy atom. The number of methoxy groups -OCH3 is 1. The van der Waals surface area contributed by atoms with Crippen LogP contribution in [0.3, 0.4) is 0 Å². The third-order valence-electron chi connectivity index (χ3n) is 2.39. The molecule has 0 amide bonds. The molecule has 12 heavy (non-hydrogen) atoms. The summed E-state index contributed by atoms with van der Waals surface area (Å²) < 4.78 is 5.02. The number of phenolic OH excluding ortho intramolecular Hbond substituents is 1. The SMILES string of the molecule is COc1cc2c(cc1O)CCC2. The molecule has 1 aromatic carbocycles. The molecule has 0 saturated carbocycles. The summed E-state index contributed by atoms with van der Waals surface area (Å²) in [7, 11) is 1.58. The Morgan fingerprint density at radius 1 is 1.25 bits per heavy atom. The van der Waals surface area contributed by atoms with Crippen LogP contribution in [0.4, 0.5) is 0 Å². The van der Waals surface area contributed by atoms with Crippen molar-refractivity contribution in [3.05, 3.63) is 23.3 Å². The molecular formula is C10H12O2. The van der Waals surface area contributed by atoms with E-state index in [0.717, 1.165) is 12.8 Å². The first kappa shape index (κ1) is 7.47. The van der Waals surface area contributed by atoms with Gasteiger partial charge in [0.2, 0.25) is 0 Å². The van der Waals surface area contributed by atoms with E-state index >= 15 is 0 Å². The summed E-state index contributed by atoms with van der Waals surface area (Å²) >= 11 is 0. The summed E-state index contributed by atoms with van der Waals surface area (Å²) in [6, 6.07) is 3.76. The van der Waals surface area contributed by atoms with Gasteiger partial charge in [0.15, 0.2) is 11.5 Å². The molecule has 1 aliphatic carbocycles. The molecule has 64 valence electrons. The second-order valence-corrected chi connectivity index (χ2v) is 3.15. The maximum Gasteiger partial charge on any atom is 0.160 e. The topological polar surface area (TPSA) is 29.5 Å². The molecule has 0 unspecified atom stereocenters. The number of hydrogen-bond acceptors (Lipinski definition) is 2. The van der Waals surface area contributed by atoms with Crippen molar-refractivity contribution < 1.29 is 9.84 Å². The van der Waals surface area contributed by atoms with Crippen LogP contribution < -0.4 is 4.74 Å². The number of benzene rings is 1. The lowest BCUT2D eigenvalue weighted by Crippen LogP contribution is -1.87. The highest BCUT2D eigenvalue weighted by molar-refractivity contribution is 5.48. The highest BCUT2D eigenvalue weighted by atomic mass is 16.5. The van der Waals surface area contributed by atoms with Crippen LogP contribution in [-0.4, -0.2) is 12.2 Å². The number of ether oxygens (including phenoxy) is 1. The van der Waals surface area contributed by atoms with Gasteiger partial charge in [0.05, 0.1) is 7.11 Å². The Labute approximate surface area is 71.8 Å². The third-order valence-corrected chi connectivity index (χ3v) is 2.39. The molecule has 1 N–H and O–H groups in total. The van der Waals surface area contributed by atoms with Crippen molar-refractivity contribution in [2.75, 3.05) is 7.11 Å². The van der Waals surface area contributed by atoms with Crippen LogP contribution in [0.5, 0.6) is 11.5 Å². The smallest absolute Gasteiger partial charge is 0.160 e. The highest BCUT2D eigenvalue weighted by Crippen LogP contribution is 2.33. The second-order valence-electron chi connectivity index (χ2n) is 3.15. The molecule has 0 radical (unpaired) electrons. The van der Waals surface area contributed by atoms with Crippen molar-refractivity contribution in [2.45, 2.75) is 19.3 Å². The lowest BCUT2D eigenvalue weighted by molar-refractivity contribution is 0.373. The Balaban J connectivity index is 2.49. The Bertz CT molecular complexity index is 304.